The molecule has 2 fully saturated rings. The van der Waals surface area contributed by atoms with Crippen molar-refractivity contribution in [2.45, 2.75) is 50.4 Å². The van der Waals surface area contributed by atoms with Crippen molar-refractivity contribution in [2.75, 3.05) is 19.6 Å². The van der Waals surface area contributed by atoms with Crippen molar-refractivity contribution in [3.05, 3.63) is 34.3 Å². The van der Waals surface area contributed by atoms with Crippen molar-refractivity contribution in [3.8, 4) is 0 Å². The summed E-state index contributed by atoms with van der Waals surface area (Å²) in [5.41, 5.74) is 1.54. The first-order valence-electron chi connectivity index (χ1n) is 8.91. The molecule has 1 aromatic rings. The molecule has 2 aliphatic rings. The van der Waals surface area contributed by atoms with Crippen molar-refractivity contribution in [3.63, 3.8) is 0 Å². The maximum absolute atomic E-state index is 12.2. The number of benzene rings is 1. The van der Waals surface area contributed by atoms with E-state index in [0.29, 0.717) is 6.42 Å². The fourth-order valence-corrected chi connectivity index (χ4v) is 4.10. The average molecular weight is 379 g/mol. The molecule has 1 aromatic carbocycles. The first-order chi connectivity index (χ1) is 11.2. The first-order valence-corrected chi connectivity index (χ1v) is 9.71. The Morgan fingerprint density at radius 1 is 1.22 bits per heavy atom. The van der Waals surface area contributed by atoms with Gasteiger partial charge in [-0.25, -0.2) is 0 Å². The highest BCUT2D eigenvalue weighted by molar-refractivity contribution is 9.10. The Morgan fingerprint density at radius 3 is 2.52 bits per heavy atom. The molecule has 1 aliphatic carbocycles. The largest absolute Gasteiger partial charge is 0.355 e. The third-order valence-corrected chi connectivity index (χ3v) is 6.16. The Kier molecular flexibility index (Phi) is 5.76. The molecule has 3 nitrogen and oxygen atoms in total. The molecule has 0 radical (unpaired) electrons. The SMILES string of the molecule is O=C(CCC1CCNCC1)NCC1(c2ccc(Br)cc2)CCC1. The highest BCUT2D eigenvalue weighted by Crippen LogP contribution is 2.43. The zero-order valence-electron chi connectivity index (χ0n) is 13.7. The highest BCUT2D eigenvalue weighted by atomic mass is 79.9. The fraction of sp³-hybridized carbons (Fsp3) is 0.632. The van der Waals surface area contributed by atoms with Crippen LogP contribution >= 0.6 is 15.9 Å². The van der Waals surface area contributed by atoms with Gasteiger partial charge >= 0.3 is 0 Å². The highest BCUT2D eigenvalue weighted by Gasteiger charge is 2.38. The monoisotopic (exact) mass is 378 g/mol. The molecule has 0 bridgehead atoms. The average Bonchev–Trinajstić information content (AvgIpc) is 2.54. The van der Waals surface area contributed by atoms with Crippen molar-refractivity contribution < 1.29 is 4.79 Å². The van der Waals surface area contributed by atoms with E-state index in [1.54, 1.807) is 0 Å². The number of rotatable bonds is 6. The molecular weight excluding hydrogens is 352 g/mol. The van der Waals surface area contributed by atoms with Gasteiger partial charge in [-0.3, -0.25) is 4.79 Å². The van der Waals surface area contributed by atoms with E-state index >= 15 is 0 Å². The van der Waals surface area contributed by atoms with Crippen molar-refractivity contribution in [1.82, 2.24) is 10.6 Å². The Balaban J connectivity index is 1.47. The molecule has 1 amide bonds. The minimum atomic E-state index is 0.172. The third-order valence-electron chi connectivity index (χ3n) is 5.63. The van der Waals surface area contributed by atoms with Crippen LogP contribution < -0.4 is 10.6 Å². The third kappa shape index (κ3) is 4.36. The van der Waals surface area contributed by atoms with E-state index in [0.717, 1.165) is 36.4 Å². The van der Waals surface area contributed by atoms with E-state index in [4.69, 9.17) is 0 Å². The van der Waals surface area contributed by atoms with Gasteiger partial charge in [0.15, 0.2) is 0 Å². The predicted molar refractivity (Wildman–Crippen MR) is 97.5 cm³/mol. The van der Waals surface area contributed by atoms with E-state index in [9.17, 15) is 4.79 Å². The second-order valence-corrected chi connectivity index (χ2v) is 8.07. The van der Waals surface area contributed by atoms with Crippen LogP contribution in [0.1, 0.15) is 50.5 Å². The van der Waals surface area contributed by atoms with Crippen LogP contribution in [0.5, 0.6) is 0 Å². The summed E-state index contributed by atoms with van der Waals surface area (Å²) >= 11 is 3.50. The maximum Gasteiger partial charge on any atom is 0.220 e. The maximum atomic E-state index is 12.2. The summed E-state index contributed by atoms with van der Waals surface area (Å²) in [6.45, 7) is 3.01. The predicted octanol–water partition coefficient (Wildman–Crippen LogP) is 3.77. The summed E-state index contributed by atoms with van der Waals surface area (Å²) in [5.74, 6) is 0.957. The first kappa shape index (κ1) is 17.0. The van der Waals surface area contributed by atoms with Crippen LogP contribution in [-0.2, 0) is 10.2 Å². The molecule has 2 N–H and O–H groups in total. The number of halogens is 1. The molecule has 1 saturated heterocycles. The van der Waals surface area contributed by atoms with Crippen LogP contribution in [-0.4, -0.2) is 25.5 Å². The molecular formula is C19H27BrN2O. The summed E-state index contributed by atoms with van der Waals surface area (Å²) < 4.78 is 1.11. The molecule has 23 heavy (non-hydrogen) atoms. The number of piperidine rings is 1. The Hall–Kier alpha value is -0.870. The fourth-order valence-electron chi connectivity index (χ4n) is 3.84. The molecule has 0 atom stereocenters. The van der Waals surface area contributed by atoms with Crippen molar-refractivity contribution in [2.24, 2.45) is 5.92 Å². The number of carbonyl (C=O) groups is 1. The number of carbonyl (C=O) groups excluding carboxylic acids is 1. The minimum absolute atomic E-state index is 0.172. The Morgan fingerprint density at radius 2 is 1.91 bits per heavy atom. The Bertz CT molecular complexity index is 519. The van der Waals surface area contributed by atoms with Crippen LogP contribution in [0, 0.1) is 5.92 Å². The Labute approximate surface area is 147 Å². The number of hydrogen-bond acceptors (Lipinski definition) is 2. The molecule has 1 heterocycles. The zero-order chi connectivity index (χ0) is 16.1. The summed E-state index contributed by atoms with van der Waals surface area (Å²) in [5, 5.41) is 6.59. The van der Waals surface area contributed by atoms with Gasteiger partial charge in [0.05, 0.1) is 0 Å². The molecule has 126 valence electrons. The van der Waals surface area contributed by atoms with Crippen molar-refractivity contribution in [1.29, 1.82) is 0 Å². The van der Waals surface area contributed by atoms with Crippen LogP contribution in [0.4, 0.5) is 0 Å². The van der Waals surface area contributed by atoms with Crippen LogP contribution in [0.25, 0.3) is 0 Å². The number of hydrogen-bond donors (Lipinski definition) is 2. The lowest BCUT2D eigenvalue weighted by molar-refractivity contribution is -0.121. The van der Waals surface area contributed by atoms with Gasteiger partial charge < -0.3 is 10.6 Å². The summed E-state index contributed by atoms with van der Waals surface area (Å²) in [6, 6.07) is 8.61. The van der Waals surface area contributed by atoms with Gasteiger partial charge in [0.2, 0.25) is 5.91 Å². The summed E-state index contributed by atoms with van der Waals surface area (Å²) in [4.78, 5) is 12.2. The van der Waals surface area contributed by atoms with Gasteiger partial charge in [0.1, 0.15) is 0 Å². The second kappa shape index (κ2) is 7.80. The van der Waals surface area contributed by atoms with Gasteiger partial charge in [0.25, 0.3) is 0 Å². The second-order valence-electron chi connectivity index (χ2n) is 7.15. The van der Waals surface area contributed by atoms with E-state index in [2.05, 4.69) is 50.8 Å². The minimum Gasteiger partial charge on any atom is -0.355 e. The lowest BCUT2D eigenvalue weighted by Crippen LogP contribution is -2.45. The van der Waals surface area contributed by atoms with Gasteiger partial charge in [-0.15, -0.1) is 0 Å². The molecule has 0 unspecified atom stereocenters. The van der Waals surface area contributed by atoms with E-state index in [-0.39, 0.29) is 11.3 Å². The number of nitrogens with one attached hydrogen (secondary N) is 2. The zero-order valence-corrected chi connectivity index (χ0v) is 15.3. The van der Waals surface area contributed by atoms with Gasteiger partial charge in [-0.1, -0.05) is 34.5 Å². The van der Waals surface area contributed by atoms with Gasteiger partial charge in [0, 0.05) is 22.9 Å². The molecule has 1 saturated carbocycles. The lowest BCUT2D eigenvalue weighted by Gasteiger charge is -2.42. The molecule has 0 aromatic heterocycles. The van der Waals surface area contributed by atoms with E-state index < -0.39 is 0 Å². The molecule has 1 aliphatic heterocycles. The lowest BCUT2D eigenvalue weighted by atomic mass is 9.64. The van der Waals surface area contributed by atoms with Gasteiger partial charge in [-0.2, -0.15) is 0 Å². The summed E-state index contributed by atoms with van der Waals surface area (Å²) in [6.07, 6.45) is 7.79. The summed E-state index contributed by atoms with van der Waals surface area (Å²) in [7, 11) is 0. The molecule has 0 spiro atoms. The number of amides is 1. The van der Waals surface area contributed by atoms with Crippen LogP contribution in [0.2, 0.25) is 0 Å². The smallest absolute Gasteiger partial charge is 0.220 e. The van der Waals surface area contributed by atoms with Gasteiger partial charge in [-0.05, 0) is 68.8 Å². The standard InChI is InChI=1S/C19H27BrN2O/c20-17-5-3-16(4-6-17)19(10-1-11-19)14-22-18(23)7-2-15-8-12-21-13-9-15/h3-6,15,21H,1-2,7-14H2,(H,22,23). The van der Waals surface area contributed by atoms with E-state index in [1.807, 2.05) is 0 Å². The van der Waals surface area contributed by atoms with Crippen LogP contribution in [0.3, 0.4) is 0 Å². The van der Waals surface area contributed by atoms with Crippen LogP contribution in [0.15, 0.2) is 28.7 Å². The normalized spacial score (nSPS) is 20.7. The topological polar surface area (TPSA) is 41.1 Å². The van der Waals surface area contributed by atoms with E-state index in [1.165, 1.54) is 37.7 Å². The molecule has 3 rings (SSSR count). The quantitative estimate of drug-likeness (QED) is 0.790. The van der Waals surface area contributed by atoms with Crippen molar-refractivity contribution >= 4 is 21.8 Å². The molecule has 4 heteroatoms.